The molecule has 0 saturated carbocycles. The van der Waals surface area contributed by atoms with Gasteiger partial charge in [-0.2, -0.15) is 0 Å². The second-order valence-electron chi connectivity index (χ2n) is 4.37. The third kappa shape index (κ3) is 3.24. The van der Waals surface area contributed by atoms with E-state index in [9.17, 15) is 4.79 Å². The maximum absolute atomic E-state index is 12.4. The normalized spacial score (nSPS) is 10.3. The Bertz CT molecular complexity index is 605. The molecule has 0 unspecified atom stereocenters. The van der Waals surface area contributed by atoms with Crippen LogP contribution >= 0.6 is 15.9 Å². The van der Waals surface area contributed by atoms with Crippen LogP contribution in [0.1, 0.15) is 21.5 Å². The van der Waals surface area contributed by atoms with Crippen molar-refractivity contribution < 1.29 is 9.53 Å². The Kier molecular flexibility index (Phi) is 4.38. The van der Waals surface area contributed by atoms with Gasteiger partial charge in [-0.3, -0.25) is 4.79 Å². The molecule has 0 radical (unpaired) electrons. The molecular formula is C16H15BrO2. The average Bonchev–Trinajstić information content (AvgIpc) is 2.41. The zero-order valence-corrected chi connectivity index (χ0v) is 12.5. The van der Waals surface area contributed by atoms with Crippen LogP contribution < -0.4 is 4.74 Å². The number of hydrogen-bond acceptors (Lipinski definition) is 2. The third-order valence-electron chi connectivity index (χ3n) is 3.08. The van der Waals surface area contributed by atoms with E-state index in [4.69, 9.17) is 4.74 Å². The molecule has 2 aromatic carbocycles. The number of aryl methyl sites for hydroxylation is 1. The number of ether oxygens (including phenoxy) is 1. The second-order valence-corrected chi connectivity index (χ2v) is 5.29. The number of carbonyl (C=O) groups is 1. The first-order valence-corrected chi connectivity index (χ1v) is 6.82. The fraction of sp³-hybridized carbons (Fsp3) is 0.188. The molecule has 19 heavy (non-hydrogen) atoms. The first kappa shape index (κ1) is 13.8. The predicted molar refractivity (Wildman–Crippen MR) is 79.9 cm³/mol. The maximum Gasteiger partial charge on any atom is 0.170 e. The summed E-state index contributed by atoms with van der Waals surface area (Å²) in [6.45, 7) is 2.02. The summed E-state index contributed by atoms with van der Waals surface area (Å²) in [6, 6.07) is 13.4. The van der Waals surface area contributed by atoms with Gasteiger partial charge < -0.3 is 4.74 Å². The number of rotatable bonds is 4. The number of Topliss-reactive ketones (excluding diaryl/α,β-unsaturated/α-hetero) is 1. The van der Waals surface area contributed by atoms with Crippen molar-refractivity contribution in [1.82, 2.24) is 0 Å². The highest BCUT2D eigenvalue weighted by Crippen LogP contribution is 2.25. The van der Waals surface area contributed by atoms with Gasteiger partial charge in [-0.05, 0) is 36.2 Å². The van der Waals surface area contributed by atoms with Gasteiger partial charge in [0.15, 0.2) is 5.78 Å². The largest absolute Gasteiger partial charge is 0.496 e. The van der Waals surface area contributed by atoms with E-state index in [1.165, 1.54) is 0 Å². The Morgan fingerprint density at radius 1 is 1.21 bits per heavy atom. The summed E-state index contributed by atoms with van der Waals surface area (Å²) in [5.74, 6) is 0.673. The van der Waals surface area contributed by atoms with Gasteiger partial charge in [0.25, 0.3) is 0 Å². The molecule has 3 heteroatoms. The SMILES string of the molecule is COc1cc(Br)ccc1C(=O)Cc1ccccc1C. The number of methoxy groups -OCH3 is 1. The Labute approximate surface area is 121 Å². The molecule has 2 nitrogen and oxygen atoms in total. The number of benzene rings is 2. The van der Waals surface area contributed by atoms with Crippen LogP contribution in [0.15, 0.2) is 46.9 Å². The topological polar surface area (TPSA) is 26.3 Å². The third-order valence-corrected chi connectivity index (χ3v) is 3.57. The first-order chi connectivity index (χ1) is 9.11. The van der Waals surface area contributed by atoms with Gasteiger partial charge in [0.05, 0.1) is 12.7 Å². The summed E-state index contributed by atoms with van der Waals surface area (Å²) in [7, 11) is 1.58. The Hall–Kier alpha value is -1.61. The lowest BCUT2D eigenvalue weighted by atomic mass is 9.99. The van der Waals surface area contributed by atoms with E-state index in [0.717, 1.165) is 15.6 Å². The molecule has 0 aliphatic carbocycles. The molecule has 0 spiro atoms. The molecule has 0 heterocycles. The average molecular weight is 319 g/mol. The Morgan fingerprint density at radius 2 is 1.95 bits per heavy atom. The molecule has 0 aliphatic heterocycles. The molecule has 98 valence electrons. The minimum atomic E-state index is 0.0682. The molecular weight excluding hydrogens is 304 g/mol. The highest BCUT2D eigenvalue weighted by molar-refractivity contribution is 9.10. The van der Waals surface area contributed by atoms with E-state index < -0.39 is 0 Å². The van der Waals surface area contributed by atoms with Gasteiger partial charge in [0.2, 0.25) is 0 Å². The van der Waals surface area contributed by atoms with E-state index >= 15 is 0 Å². The van der Waals surface area contributed by atoms with Crippen molar-refractivity contribution in [3.05, 3.63) is 63.6 Å². The number of ketones is 1. The lowest BCUT2D eigenvalue weighted by Crippen LogP contribution is -2.06. The van der Waals surface area contributed by atoms with Crippen molar-refractivity contribution in [2.45, 2.75) is 13.3 Å². The molecule has 0 amide bonds. The van der Waals surface area contributed by atoms with Gasteiger partial charge in [-0.25, -0.2) is 0 Å². The molecule has 2 aromatic rings. The fourth-order valence-electron chi connectivity index (χ4n) is 1.97. The smallest absolute Gasteiger partial charge is 0.170 e. The van der Waals surface area contributed by atoms with E-state index in [2.05, 4.69) is 15.9 Å². The van der Waals surface area contributed by atoms with Crippen LogP contribution in [-0.2, 0) is 6.42 Å². The summed E-state index contributed by atoms with van der Waals surface area (Å²) < 4.78 is 6.16. The van der Waals surface area contributed by atoms with E-state index in [0.29, 0.717) is 17.7 Å². The predicted octanol–water partition coefficient (Wildman–Crippen LogP) is 4.19. The van der Waals surface area contributed by atoms with Crippen LogP contribution in [0.4, 0.5) is 0 Å². The maximum atomic E-state index is 12.4. The lowest BCUT2D eigenvalue weighted by Gasteiger charge is -2.09. The first-order valence-electron chi connectivity index (χ1n) is 6.03. The van der Waals surface area contributed by atoms with Gasteiger partial charge in [-0.1, -0.05) is 40.2 Å². The highest BCUT2D eigenvalue weighted by atomic mass is 79.9. The molecule has 0 fully saturated rings. The van der Waals surface area contributed by atoms with E-state index in [1.54, 1.807) is 13.2 Å². The zero-order valence-electron chi connectivity index (χ0n) is 10.9. The van der Waals surface area contributed by atoms with Crippen LogP contribution in [0.5, 0.6) is 5.75 Å². The molecule has 2 rings (SSSR count). The minimum absolute atomic E-state index is 0.0682. The number of hydrogen-bond donors (Lipinski definition) is 0. The molecule has 0 aliphatic rings. The van der Waals surface area contributed by atoms with Crippen molar-refractivity contribution in [2.24, 2.45) is 0 Å². The van der Waals surface area contributed by atoms with Gasteiger partial charge >= 0.3 is 0 Å². The molecule has 0 saturated heterocycles. The van der Waals surface area contributed by atoms with Crippen LogP contribution in [0.2, 0.25) is 0 Å². The number of halogens is 1. The van der Waals surface area contributed by atoms with Crippen LogP contribution in [0, 0.1) is 6.92 Å². The van der Waals surface area contributed by atoms with Crippen LogP contribution in [0.3, 0.4) is 0 Å². The summed E-state index contributed by atoms with van der Waals surface area (Å²) in [6.07, 6.45) is 0.394. The monoisotopic (exact) mass is 318 g/mol. The summed E-state index contributed by atoms with van der Waals surface area (Å²) >= 11 is 3.37. The van der Waals surface area contributed by atoms with Crippen molar-refractivity contribution in [3.63, 3.8) is 0 Å². The number of carbonyl (C=O) groups excluding carboxylic acids is 1. The second kappa shape index (κ2) is 6.02. The van der Waals surface area contributed by atoms with Gasteiger partial charge in [-0.15, -0.1) is 0 Å². The van der Waals surface area contributed by atoms with Crippen molar-refractivity contribution in [1.29, 1.82) is 0 Å². The highest BCUT2D eigenvalue weighted by Gasteiger charge is 2.13. The Morgan fingerprint density at radius 3 is 2.63 bits per heavy atom. The minimum Gasteiger partial charge on any atom is -0.496 e. The van der Waals surface area contributed by atoms with E-state index in [-0.39, 0.29) is 5.78 Å². The zero-order chi connectivity index (χ0) is 13.8. The van der Waals surface area contributed by atoms with Crippen molar-refractivity contribution in [2.75, 3.05) is 7.11 Å². The van der Waals surface area contributed by atoms with Crippen LogP contribution in [-0.4, -0.2) is 12.9 Å². The molecule has 0 bridgehead atoms. The summed E-state index contributed by atoms with van der Waals surface area (Å²) in [5, 5.41) is 0. The van der Waals surface area contributed by atoms with Gasteiger partial charge in [0, 0.05) is 10.9 Å². The standard InChI is InChI=1S/C16H15BrO2/c1-11-5-3-4-6-12(11)9-15(18)14-8-7-13(17)10-16(14)19-2/h3-8,10H,9H2,1-2H3. The molecule has 0 N–H and O–H groups in total. The van der Waals surface area contributed by atoms with Crippen molar-refractivity contribution >= 4 is 21.7 Å². The van der Waals surface area contributed by atoms with Gasteiger partial charge in [0.1, 0.15) is 5.75 Å². The molecule has 0 aromatic heterocycles. The van der Waals surface area contributed by atoms with Crippen molar-refractivity contribution in [3.8, 4) is 5.75 Å². The lowest BCUT2D eigenvalue weighted by molar-refractivity contribution is 0.0990. The van der Waals surface area contributed by atoms with E-state index in [1.807, 2.05) is 43.3 Å². The summed E-state index contributed by atoms with van der Waals surface area (Å²) in [5.41, 5.74) is 2.80. The molecule has 0 atom stereocenters. The quantitative estimate of drug-likeness (QED) is 0.790. The Balaban J connectivity index is 2.28. The van der Waals surface area contributed by atoms with Crippen LogP contribution in [0.25, 0.3) is 0 Å². The fourth-order valence-corrected chi connectivity index (χ4v) is 2.31. The summed E-state index contributed by atoms with van der Waals surface area (Å²) in [4.78, 5) is 12.4.